The maximum Gasteiger partial charge on any atom is 0.101 e. The molecule has 1 aliphatic rings. The second-order valence-electron chi connectivity index (χ2n) is 18.4. The summed E-state index contributed by atoms with van der Waals surface area (Å²) in [7, 11) is 0. The van der Waals surface area contributed by atoms with E-state index >= 15 is 0 Å². The maximum absolute atomic E-state index is 2.48. The van der Waals surface area contributed by atoms with Crippen molar-refractivity contribution in [3.8, 4) is 38.4 Å². The lowest BCUT2D eigenvalue weighted by atomic mass is 9.67. The minimum absolute atomic E-state index is 0.486. The van der Waals surface area contributed by atoms with E-state index in [1.165, 1.54) is 103 Å². The summed E-state index contributed by atoms with van der Waals surface area (Å²) in [6.45, 7) is 0. The number of anilines is 3. The monoisotopic (exact) mass is 908 g/mol. The predicted octanol–water partition coefficient (Wildman–Crippen LogP) is 18.3. The van der Waals surface area contributed by atoms with Gasteiger partial charge in [0.25, 0.3) is 0 Å². The minimum atomic E-state index is -0.486. The number of benzene rings is 11. The van der Waals surface area contributed by atoms with E-state index in [2.05, 4.69) is 276 Å². The maximum atomic E-state index is 2.48. The smallest absolute Gasteiger partial charge is 0.101 e. The number of fused-ring (bicyclic) bond motifs is 8. The number of para-hydroxylation sites is 1. The highest BCUT2D eigenvalue weighted by Crippen LogP contribution is 2.57. The zero-order chi connectivity index (χ0) is 46.2. The van der Waals surface area contributed by atoms with Gasteiger partial charge in [-0.2, -0.15) is 0 Å². The van der Waals surface area contributed by atoms with Crippen LogP contribution in [0.4, 0.5) is 16.4 Å². The molecule has 0 spiro atoms. The standard InChI is InChI=1S/C67H44N2S/c1-4-20-46(21-5-1)65-41-42-66(70-65)69(61-34-18-22-45-19-10-11-27-52(45)61)63-40-38-51(53-28-12-13-30-56(53)63)47-35-39-64-58(43-47)57-31-15-17-33-62(57)68(64)50-36-37-55-54-29-14-16-32-59(54)67(60(55)44-50,48-23-6-2-7-24-48)49-25-8-3-9-26-49/h1-44H. The summed E-state index contributed by atoms with van der Waals surface area (Å²) in [5.74, 6) is 0. The van der Waals surface area contributed by atoms with Crippen LogP contribution < -0.4 is 4.90 Å². The minimum Gasteiger partial charge on any atom is -0.309 e. The summed E-state index contributed by atoms with van der Waals surface area (Å²) >= 11 is 1.83. The Hall–Kier alpha value is -8.76. The second-order valence-corrected chi connectivity index (χ2v) is 19.4. The molecule has 2 heterocycles. The Morgan fingerprint density at radius 2 is 0.943 bits per heavy atom. The van der Waals surface area contributed by atoms with Crippen LogP contribution in [0.3, 0.4) is 0 Å². The third-order valence-electron chi connectivity index (χ3n) is 14.7. The van der Waals surface area contributed by atoms with Crippen molar-refractivity contribution in [3.05, 3.63) is 289 Å². The average molecular weight is 909 g/mol. The molecule has 0 radical (unpaired) electrons. The van der Waals surface area contributed by atoms with Crippen LogP contribution in [0.15, 0.2) is 267 Å². The highest BCUT2D eigenvalue weighted by atomic mass is 32.1. The molecule has 0 amide bonds. The lowest BCUT2D eigenvalue weighted by Crippen LogP contribution is -2.28. The zero-order valence-electron chi connectivity index (χ0n) is 38.2. The van der Waals surface area contributed by atoms with E-state index in [1.807, 2.05) is 11.3 Å². The highest BCUT2D eigenvalue weighted by Gasteiger charge is 2.46. The molecule has 1 aliphatic carbocycles. The van der Waals surface area contributed by atoms with Gasteiger partial charge in [-0.05, 0) is 115 Å². The summed E-state index contributed by atoms with van der Waals surface area (Å²) in [4.78, 5) is 3.72. The van der Waals surface area contributed by atoms with Crippen molar-refractivity contribution in [2.45, 2.75) is 5.41 Å². The van der Waals surface area contributed by atoms with Gasteiger partial charge in [0.2, 0.25) is 0 Å². The number of rotatable bonds is 8. The van der Waals surface area contributed by atoms with Gasteiger partial charge in [0.1, 0.15) is 5.00 Å². The molecule has 2 nitrogen and oxygen atoms in total. The van der Waals surface area contributed by atoms with E-state index in [0.717, 1.165) is 17.1 Å². The molecule has 70 heavy (non-hydrogen) atoms. The first-order chi connectivity index (χ1) is 34.7. The number of nitrogens with zero attached hydrogens (tertiary/aromatic N) is 2. The van der Waals surface area contributed by atoms with E-state index in [1.54, 1.807) is 0 Å². The topological polar surface area (TPSA) is 8.17 Å². The lowest BCUT2D eigenvalue weighted by molar-refractivity contribution is 0.767. The van der Waals surface area contributed by atoms with Gasteiger partial charge >= 0.3 is 0 Å². The van der Waals surface area contributed by atoms with E-state index in [9.17, 15) is 0 Å². The van der Waals surface area contributed by atoms with Crippen molar-refractivity contribution in [2.24, 2.45) is 0 Å². The van der Waals surface area contributed by atoms with Crippen LogP contribution in [0, 0.1) is 0 Å². The first kappa shape index (κ1) is 40.3. The third kappa shape index (κ3) is 6.12. The normalized spacial score (nSPS) is 12.7. The SMILES string of the molecule is c1ccc(-c2ccc(N(c3cccc4ccccc34)c3ccc(-c4ccc5c(c4)c4ccccc4n5-c4ccc5c(c4)C(c4ccccc4)(c4ccccc4)c4ccccc4-5)c4ccccc34)s2)cc1. The van der Waals surface area contributed by atoms with Crippen molar-refractivity contribution in [1.82, 2.24) is 4.57 Å². The van der Waals surface area contributed by atoms with E-state index in [4.69, 9.17) is 0 Å². The molecule has 3 heteroatoms. The van der Waals surface area contributed by atoms with Crippen molar-refractivity contribution in [1.29, 1.82) is 0 Å². The quantitative estimate of drug-likeness (QED) is 0.147. The Labute approximate surface area is 411 Å². The number of aromatic nitrogens is 1. The van der Waals surface area contributed by atoms with Crippen LogP contribution in [0.25, 0.3) is 81.7 Å². The Balaban J connectivity index is 0.941. The lowest BCUT2D eigenvalue weighted by Gasteiger charge is -2.34. The molecule has 0 unspecified atom stereocenters. The molecule has 0 atom stereocenters. The number of hydrogen-bond acceptors (Lipinski definition) is 2. The molecule has 2 aromatic heterocycles. The summed E-state index contributed by atoms with van der Waals surface area (Å²) in [6.07, 6.45) is 0. The zero-order valence-corrected chi connectivity index (χ0v) is 39.0. The summed E-state index contributed by atoms with van der Waals surface area (Å²) in [6, 6.07) is 98.6. The van der Waals surface area contributed by atoms with E-state index in [0.29, 0.717) is 0 Å². The van der Waals surface area contributed by atoms with Crippen LogP contribution in [-0.4, -0.2) is 4.57 Å². The fourth-order valence-electron chi connectivity index (χ4n) is 11.7. The summed E-state index contributed by atoms with van der Waals surface area (Å²) < 4.78 is 2.48. The van der Waals surface area contributed by atoms with E-state index in [-0.39, 0.29) is 0 Å². The van der Waals surface area contributed by atoms with Crippen LogP contribution in [0.2, 0.25) is 0 Å². The van der Waals surface area contributed by atoms with Crippen LogP contribution in [-0.2, 0) is 5.41 Å². The molecule has 0 bridgehead atoms. The van der Waals surface area contributed by atoms with Crippen LogP contribution >= 0.6 is 11.3 Å². The Kier molecular flexibility index (Phi) is 9.33. The average Bonchev–Trinajstić information content (AvgIpc) is 4.14. The van der Waals surface area contributed by atoms with Gasteiger partial charge in [-0.25, -0.2) is 0 Å². The largest absolute Gasteiger partial charge is 0.309 e. The molecular formula is C67H44N2S. The summed E-state index contributed by atoms with van der Waals surface area (Å²) in [5.41, 5.74) is 16.7. The Morgan fingerprint density at radius 1 is 0.343 bits per heavy atom. The Bertz CT molecular complexity index is 4080. The van der Waals surface area contributed by atoms with E-state index < -0.39 is 5.41 Å². The van der Waals surface area contributed by atoms with Gasteiger partial charge in [-0.15, -0.1) is 11.3 Å². The van der Waals surface area contributed by atoms with Gasteiger partial charge in [-0.3, -0.25) is 0 Å². The fraction of sp³-hybridized carbons (Fsp3) is 0.0149. The first-order valence-electron chi connectivity index (χ1n) is 24.1. The molecule has 328 valence electrons. The van der Waals surface area contributed by atoms with Crippen LogP contribution in [0.5, 0.6) is 0 Å². The second kappa shape index (κ2) is 16.2. The molecule has 0 aliphatic heterocycles. The van der Waals surface area contributed by atoms with Crippen LogP contribution in [0.1, 0.15) is 22.3 Å². The van der Waals surface area contributed by atoms with Crippen molar-refractivity contribution in [2.75, 3.05) is 4.90 Å². The molecular weight excluding hydrogens is 865 g/mol. The first-order valence-corrected chi connectivity index (χ1v) is 24.9. The van der Waals surface area contributed by atoms with Gasteiger partial charge in [0.05, 0.1) is 27.8 Å². The molecule has 0 fully saturated rings. The fourth-order valence-corrected chi connectivity index (χ4v) is 12.7. The molecule has 0 N–H and O–H groups in total. The molecule has 0 saturated heterocycles. The third-order valence-corrected chi connectivity index (χ3v) is 15.8. The highest BCUT2D eigenvalue weighted by molar-refractivity contribution is 7.19. The van der Waals surface area contributed by atoms with Gasteiger partial charge in [-0.1, -0.05) is 212 Å². The van der Waals surface area contributed by atoms with Crippen molar-refractivity contribution in [3.63, 3.8) is 0 Å². The molecule has 13 aromatic rings. The summed E-state index contributed by atoms with van der Waals surface area (Å²) in [5, 5.41) is 8.47. The molecule has 0 saturated carbocycles. The Morgan fingerprint density at radius 3 is 1.74 bits per heavy atom. The van der Waals surface area contributed by atoms with Gasteiger partial charge < -0.3 is 9.47 Å². The van der Waals surface area contributed by atoms with Gasteiger partial charge in [0, 0.05) is 32.1 Å². The van der Waals surface area contributed by atoms with Crippen molar-refractivity contribution < 1.29 is 0 Å². The van der Waals surface area contributed by atoms with Crippen molar-refractivity contribution >= 4 is 71.1 Å². The number of hydrogen-bond donors (Lipinski definition) is 0. The predicted molar refractivity (Wildman–Crippen MR) is 297 cm³/mol. The van der Waals surface area contributed by atoms with Gasteiger partial charge in [0.15, 0.2) is 0 Å². The molecule has 11 aromatic carbocycles. The number of thiophene rings is 1. The molecule has 14 rings (SSSR count).